The second-order valence-corrected chi connectivity index (χ2v) is 6.82. The molecule has 1 saturated heterocycles. The number of hydrogen-bond acceptors (Lipinski definition) is 3. The number of halogens is 2. The van der Waals surface area contributed by atoms with Crippen molar-refractivity contribution in [1.29, 1.82) is 0 Å². The smallest absolute Gasteiger partial charge is 0.217 e. The molecule has 0 saturated carbocycles. The van der Waals surface area contributed by atoms with Crippen molar-refractivity contribution in [2.24, 2.45) is 16.6 Å². The van der Waals surface area contributed by atoms with E-state index in [1.807, 2.05) is 31.2 Å². The topological polar surface area (TPSA) is 80.0 Å². The molecule has 6 nitrogen and oxygen atoms in total. The molecule has 1 heterocycles. The van der Waals surface area contributed by atoms with Crippen LogP contribution in [0.5, 0.6) is 5.75 Å². The molecule has 1 aliphatic rings. The zero-order valence-corrected chi connectivity index (χ0v) is 18.4. The lowest BCUT2D eigenvalue weighted by atomic mass is 9.95. The largest absolute Gasteiger partial charge is 0.487 e. The quantitative estimate of drug-likeness (QED) is 0.362. The van der Waals surface area contributed by atoms with Crippen LogP contribution in [0.1, 0.15) is 26.2 Å². The Labute approximate surface area is 177 Å². The maximum atomic E-state index is 11.2. The van der Waals surface area contributed by atoms with E-state index in [0.29, 0.717) is 29.7 Å². The van der Waals surface area contributed by atoms with Crippen LogP contribution in [-0.2, 0) is 4.79 Å². The summed E-state index contributed by atoms with van der Waals surface area (Å²) in [5.74, 6) is 1.55. The van der Waals surface area contributed by atoms with Gasteiger partial charge in [0.2, 0.25) is 5.91 Å². The molecule has 2 rings (SSSR count). The summed E-state index contributed by atoms with van der Waals surface area (Å²) in [4.78, 5) is 17.7. The van der Waals surface area contributed by atoms with Crippen molar-refractivity contribution in [1.82, 2.24) is 10.2 Å². The zero-order valence-electron chi connectivity index (χ0n) is 15.3. The number of hydrogen-bond donors (Lipinski definition) is 2. The van der Waals surface area contributed by atoms with Gasteiger partial charge in [0.05, 0.1) is 11.6 Å². The summed E-state index contributed by atoms with van der Waals surface area (Å²) in [5.41, 5.74) is 5.33. The van der Waals surface area contributed by atoms with E-state index in [1.54, 1.807) is 7.05 Å². The Morgan fingerprint density at radius 1 is 1.50 bits per heavy atom. The summed E-state index contributed by atoms with van der Waals surface area (Å²) in [6.45, 7) is 4.31. The van der Waals surface area contributed by atoms with Crippen molar-refractivity contribution in [3.05, 3.63) is 29.3 Å². The summed E-state index contributed by atoms with van der Waals surface area (Å²) in [7, 11) is 1.76. The predicted molar refractivity (Wildman–Crippen MR) is 116 cm³/mol. The van der Waals surface area contributed by atoms with Crippen molar-refractivity contribution < 1.29 is 9.53 Å². The van der Waals surface area contributed by atoms with Gasteiger partial charge in [-0.1, -0.05) is 23.7 Å². The number of guanidine groups is 1. The van der Waals surface area contributed by atoms with Crippen LogP contribution in [0.3, 0.4) is 0 Å². The van der Waals surface area contributed by atoms with Crippen molar-refractivity contribution >= 4 is 47.4 Å². The molecule has 0 bridgehead atoms. The lowest BCUT2D eigenvalue weighted by Crippen LogP contribution is -2.49. The van der Waals surface area contributed by atoms with E-state index in [1.165, 1.54) is 0 Å². The fourth-order valence-corrected chi connectivity index (χ4v) is 3.25. The molecule has 0 aliphatic carbocycles. The number of aliphatic imine (C=N–C) groups is 1. The molecule has 146 valence electrons. The number of nitrogens with one attached hydrogen (secondary N) is 1. The molecule has 3 N–H and O–H groups in total. The number of ether oxygens (including phenoxy) is 1. The molecular formula is C18H28ClIN4O2. The van der Waals surface area contributed by atoms with Crippen LogP contribution in [-0.4, -0.2) is 49.6 Å². The molecule has 1 aromatic rings. The highest BCUT2D eigenvalue weighted by Crippen LogP contribution is 2.24. The van der Waals surface area contributed by atoms with Crippen molar-refractivity contribution in [2.75, 3.05) is 26.7 Å². The highest BCUT2D eigenvalue weighted by atomic mass is 127. The maximum absolute atomic E-state index is 11.2. The Morgan fingerprint density at radius 3 is 2.88 bits per heavy atom. The Balaban J connectivity index is 0.00000338. The minimum absolute atomic E-state index is 0. The average Bonchev–Trinajstić information content (AvgIpc) is 2.57. The minimum Gasteiger partial charge on any atom is -0.487 e. The van der Waals surface area contributed by atoms with Crippen LogP contribution < -0.4 is 15.8 Å². The third kappa shape index (κ3) is 7.19. The third-order valence-corrected chi connectivity index (χ3v) is 4.54. The molecule has 0 aromatic heterocycles. The molecule has 26 heavy (non-hydrogen) atoms. The number of primary amides is 1. The second kappa shape index (κ2) is 11.5. The van der Waals surface area contributed by atoms with Crippen LogP contribution in [0.25, 0.3) is 0 Å². The van der Waals surface area contributed by atoms with E-state index in [-0.39, 0.29) is 36.0 Å². The number of nitrogens with two attached hydrogens (primary N) is 1. The molecule has 1 aliphatic heterocycles. The van der Waals surface area contributed by atoms with E-state index in [2.05, 4.69) is 15.2 Å². The van der Waals surface area contributed by atoms with E-state index in [4.69, 9.17) is 22.1 Å². The molecular weight excluding hydrogens is 467 g/mol. The Kier molecular flexibility index (Phi) is 10.1. The van der Waals surface area contributed by atoms with E-state index in [9.17, 15) is 4.79 Å². The summed E-state index contributed by atoms with van der Waals surface area (Å²) in [6.07, 6.45) is 2.43. The first-order valence-corrected chi connectivity index (χ1v) is 9.02. The number of likely N-dealkylation sites (tertiary alicyclic amines) is 1. The first kappa shape index (κ1) is 22.8. The summed E-state index contributed by atoms with van der Waals surface area (Å²) >= 11 is 6.12. The van der Waals surface area contributed by atoms with Gasteiger partial charge >= 0.3 is 0 Å². The van der Waals surface area contributed by atoms with Crippen LogP contribution in [0, 0.1) is 5.92 Å². The molecule has 1 aromatic carbocycles. The lowest BCUT2D eigenvalue weighted by Gasteiger charge is -2.35. The molecule has 2 unspecified atom stereocenters. The van der Waals surface area contributed by atoms with Gasteiger partial charge in [0.1, 0.15) is 11.9 Å². The Hall–Kier alpha value is -1.22. The van der Waals surface area contributed by atoms with Gasteiger partial charge < -0.3 is 20.7 Å². The van der Waals surface area contributed by atoms with Crippen LogP contribution in [0.2, 0.25) is 5.02 Å². The molecule has 1 fully saturated rings. The van der Waals surface area contributed by atoms with E-state index >= 15 is 0 Å². The summed E-state index contributed by atoms with van der Waals surface area (Å²) in [5, 5.41) is 3.95. The van der Waals surface area contributed by atoms with Gasteiger partial charge in [-0.25, -0.2) is 0 Å². The SMILES string of the molecule is CN=C(NCC(C)Oc1ccccc1Cl)N1CCCC(CC(N)=O)C1.I. The van der Waals surface area contributed by atoms with Gasteiger partial charge in [-0.2, -0.15) is 0 Å². The van der Waals surface area contributed by atoms with E-state index < -0.39 is 0 Å². The summed E-state index contributed by atoms with van der Waals surface area (Å²) in [6, 6.07) is 7.43. The minimum atomic E-state index is -0.239. The number of piperidine rings is 1. The number of para-hydroxylation sites is 1. The lowest BCUT2D eigenvalue weighted by molar-refractivity contribution is -0.119. The number of benzene rings is 1. The standard InChI is InChI=1S/C18H27ClN4O2.HI/c1-13(25-16-8-4-3-7-15(16)19)11-22-18(21-2)23-9-5-6-14(12-23)10-17(20)24;/h3-4,7-8,13-14H,5-6,9-12H2,1-2H3,(H2,20,24)(H,21,22);1H. The molecule has 1 amide bonds. The van der Waals surface area contributed by atoms with Crippen LogP contribution in [0.4, 0.5) is 0 Å². The fourth-order valence-electron chi connectivity index (χ4n) is 3.07. The van der Waals surface area contributed by atoms with Crippen molar-refractivity contribution in [2.45, 2.75) is 32.3 Å². The van der Waals surface area contributed by atoms with Gasteiger partial charge in [-0.15, -0.1) is 24.0 Å². The molecule has 2 atom stereocenters. The Morgan fingerprint density at radius 2 is 2.23 bits per heavy atom. The van der Waals surface area contributed by atoms with Crippen molar-refractivity contribution in [3.63, 3.8) is 0 Å². The first-order chi connectivity index (χ1) is 12.0. The second-order valence-electron chi connectivity index (χ2n) is 6.41. The maximum Gasteiger partial charge on any atom is 0.217 e. The monoisotopic (exact) mass is 494 g/mol. The normalized spacial score (nSPS) is 18.7. The Bertz CT molecular complexity index is 615. The van der Waals surface area contributed by atoms with E-state index in [0.717, 1.165) is 31.9 Å². The van der Waals surface area contributed by atoms with Crippen LogP contribution >= 0.6 is 35.6 Å². The number of nitrogens with zero attached hydrogens (tertiary/aromatic N) is 2. The van der Waals surface area contributed by atoms with Gasteiger partial charge in [0.25, 0.3) is 0 Å². The fraction of sp³-hybridized carbons (Fsp3) is 0.556. The van der Waals surface area contributed by atoms with Gasteiger partial charge in [-0.05, 0) is 37.8 Å². The highest BCUT2D eigenvalue weighted by Gasteiger charge is 2.23. The number of carbonyl (C=O) groups is 1. The van der Waals surface area contributed by atoms with Gasteiger partial charge in [-0.3, -0.25) is 9.79 Å². The first-order valence-electron chi connectivity index (χ1n) is 8.64. The number of rotatable bonds is 6. The molecule has 0 radical (unpaired) electrons. The third-order valence-electron chi connectivity index (χ3n) is 4.23. The highest BCUT2D eigenvalue weighted by molar-refractivity contribution is 14.0. The summed E-state index contributed by atoms with van der Waals surface area (Å²) < 4.78 is 5.87. The molecule has 0 spiro atoms. The number of carbonyl (C=O) groups excluding carboxylic acids is 1. The van der Waals surface area contributed by atoms with Crippen molar-refractivity contribution in [3.8, 4) is 5.75 Å². The predicted octanol–water partition coefficient (Wildman–Crippen LogP) is 2.89. The molecule has 8 heteroatoms. The van der Waals surface area contributed by atoms with Crippen LogP contribution in [0.15, 0.2) is 29.3 Å². The van der Waals surface area contributed by atoms with Gasteiger partial charge in [0, 0.05) is 26.6 Å². The average molecular weight is 495 g/mol. The zero-order chi connectivity index (χ0) is 18.2. The number of amides is 1. The van der Waals surface area contributed by atoms with Gasteiger partial charge in [0.15, 0.2) is 5.96 Å².